The molecule has 2 aromatic rings. The maximum Gasteiger partial charge on any atom is 0.234 e. The van der Waals surface area contributed by atoms with E-state index in [1.54, 1.807) is 15.6 Å². The summed E-state index contributed by atoms with van der Waals surface area (Å²) in [5.41, 5.74) is 0.654. The Hall–Kier alpha value is -1.73. The quantitative estimate of drug-likeness (QED) is 0.854. The number of hydrogen-bond acceptors (Lipinski definition) is 5. The van der Waals surface area contributed by atoms with Crippen LogP contribution in [0.2, 0.25) is 5.02 Å². The van der Waals surface area contributed by atoms with Gasteiger partial charge in [-0.2, -0.15) is 5.10 Å². The van der Waals surface area contributed by atoms with Crippen molar-refractivity contribution in [3.8, 4) is 0 Å². The number of nitrogens with one attached hydrogen (secondary N) is 1. The Labute approximate surface area is 120 Å². The van der Waals surface area contributed by atoms with Gasteiger partial charge in [0, 0.05) is 19.1 Å². The molecule has 106 valence electrons. The highest BCUT2D eigenvalue weighted by Gasteiger charge is 2.25. The number of carbonyl (C=O) groups excluding carboxylic acids is 1. The Morgan fingerprint density at radius 3 is 2.85 bits per heavy atom. The van der Waals surface area contributed by atoms with E-state index in [0.717, 1.165) is 13.1 Å². The Morgan fingerprint density at radius 1 is 1.50 bits per heavy atom. The number of hydrogen-bond donors (Lipinski definition) is 1. The number of halogens is 1. The Morgan fingerprint density at radius 2 is 2.25 bits per heavy atom. The normalized spacial score (nSPS) is 15.6. The van der Waals surface area contributed by atoms with Gasteiger partial charge in [-0.1, -0.05) is 16.8 Å². The minimum Gasteiger partial charge on any atom is -0.312 e. The van der Waals surface area contributed by atoms with Crippen LogP contribution >= 0.6 is 11.6 Å². The highest BCUT2D eigenvalue weighted by atomic mass is 35.5. The molecule has 8 heteroatoms. The van der Waals surface area contributed by atoms with Crippen molar-refractivity contribution in [1.82, 2.24) is 30.1 Å². The van der Waals surface area contributed by atoms with Gasteiger partial charge in [0.1, 0.15) is 5.69 Å². The average Bonchev–Trinajstić information content (AvgIpc) is 2.93. The van der Waals surface area contributed by atoms with Crippen LogP contribution in [0.5, 0.6) is 0 Å². The van der Waals surface area contributed by atoms with E-state index >= 15 is 0 Å². The lowest BCUT2D eigenvalue weighted by molar-refractivity contribution is 0.102. The summed E-state index contributed by atoms with van der Waals surface area (Å²) in [6.07, 6.45) is 3.15. The minimum atomic E-state index is -0.250. The molecule has 20 heavy (non-hydrogen) atoms. The summed E-state index contributed by atoms with van der Waals surface area (Å²) in [7, 11) is 0. The van der Waals surface area contributed by atoms with Crippen molar-refractivity contribution in [3.05, 3.63) is 28.8 Å². The molecule has 0 amide bonds. The van der Waals surface area contributed by atoms with Gasteiger partial charge in [0.2, 0.25) is 5.78 Å². The third-order valence-corrected chi connectivity index (χ3v) is 3.61. The first kappa shape index (κ1) is 13.3. The number of nitrogens with zero attached hydrogens (tertiary/aromatic N) is 5. The summed E-state index contributed by atoms with van der Waals surface area (Å²) in [5, 5.41) is 15.6. The van der Waals surface area contributed by atoms with E-state index in [9.17, 15) is 4.79 Å². The van der Waals surface area contributed by atoms with Crippen LogP contribution in [0.25, 0.3) is 0 Å². The molecule has 0 spiro atoms. The summed E-state index contributed by atoms with van der Waals surface area (Å²) >= 11 is 6.07. The van der Waals surface area contributed by atoms with Crippen LogP contribution in [0.3, 0.4) is 0 Å². The zero-order valence-corrected chi connectivity index (χ0v) is 12.0. The van der Waals surface area contributed by atoms with Crippen LogP contribution in [0, 0.1) is 0 Å². The van der Waals surface area contributed by atoms with Gasteiger partial charge in [0.05, 0.1) is 23.5 Å². The molecule has 1 fully saturated rings. The third kappa shape index (κ3) is 2.12. The molecule has 0 bridgehead atoms. The second-order valence-corrected chi connectivity index (χ2v) is 5.51. The van der Waals surface area contributed by atoms with Crippen LogP contribution in [0.15, 0.2) is 12.4 Å². The summed E-state index contributed by atoms with van der Waals surface area (Å²) in [4.78, 5) is 12.5. The maximum absolute atomic E-state index is 12.5. The van der Waals surface area contributed by atoms with Gasteiger partial charge in [-0.15, -0.1) is 5.10 Å². The molecule has 0 radical (unpaired) electrons. The van der Waals surface area contributed by atoms with E-state index in [4.69, 9.17) is 11.6 Å². The van der Waals surface area contributed by atoms with Crippen molar-refractivity contribution in [1.29, 1.82) is 0 Å². The van der Waals surface area contributed by atoms with Crippen molar-refractivity contribution < 1.29 is 4.79 Å². The summed E-state index contributed by atoms with van der Waals surface area (Å²) < 4.78 is 3.32. The number of carbonyl (C=O) groups is 1. The average molecular weight is 295 g/mol. The molecule has 0 aliphatic carbocycles. The molecule has 1 aliphatic heterocycles. The monoisotopic (exact) mass is 294 g/mol. The van der Waals surface area contributed by atoms with Crippen molar-refractivity contribution in [3.63, 3.8) is 0 Å². The van der Waals surface area contributed by atoms with Crippen molar-refractivity contribution in [2.24, 2.45) is 0 Å². The molecule has 0 saturated carbocycles. The SMILES string of the molecule is CC(C)n1ncc(Cl)c1C(=O)c1cn(C2CNC2)nn1. The number of aromatic nitrogens is 5. The van der Waals surface area contributed by atoms with Crippen molar-refractivity contribution in [2.45, 2.75) is 25.9 Å². The Balaban J connectivity index is 1.92. The third-order valence-electron chi connectivity index (χ3n) is 3.33. The van der Waals surface area contributed by atoms with Gasteiger partial charge >= 0.3 is 0 Å². The van der Waals surface area contributed by atoms with Crippen LogP contribution in [-0.2, 0) is 0 Å². The topological polar surface area (TPSA) is 77.6 Å². The van der Waals surface area contributed by atoms with Crippen LogP contribution in [-0.4, -0.2) is 43.6 Å². The predicted octanol–water partition coefficient (Wildman–Crippen LogP) is 1.08. The molecule has 7 nitrogen and oxygen atoms in total. The van der Waals surface area contributed by atoms with Crippen LogP contribution < -0.4 is 5.32 Å². The second kappa shape index (κ2) is 4.99. The zero-order chi connectivity index (χ0) is 14.3. The van der Waals surface area contributed by atoms with E-state index in [1.807, 2.05) is 13.8 Å². The molecular formula is C12H15ClN6O. The Kier molecular flexibility index (Phi) is 3.31. The number of ketones is 1. The molecule has 0 unspecified atom stereocenters. The van der Waals surface area contributed by atoms with Crippen LogP contribution in [0.1, 0.15) is 42.1 Å². The first-order valence-electron chi connectivity index (χ1n) is 6.48. The highest BCUT2D eigenvalue weighted by Crippen LogP contribution is 2.22. The molecule has 1 aliphatic rings. The molecule has 3 rings (SSSR count). The largest absolute Gasteiger partial charge is 0.312 e. The van der Waals surface area contributed by atoms with Gasteiger partial charge in [-0.3, -0.25) is 9.48 Å². The molecule has 0 aromatic carbocycles. The second-order valence-electron chi connectivity index (χ2n) is 5.10. The molecule has 2 aromatic heterocycles. The number of rotatable bonds is 4. The van der Waals surface area contributed by atoms with Gasteiger partial charge in [0.15, 0.2) is 5.69 Å². The lowest BCUT2D eigenvalue weighted by Crippen LogP contribution is -2.43. The van der Waals surface area contributed by atoms with E-state index in [-0.39, 0.29) is 17.9 Å². The minimum absolute atomic E-state index is 0.0485. The Bertz CT molecular complexity index is 642. The molecule has 0 atom stereocenters. The fourth-order valence-corrected chi connectivity index (χ4v) is 2.30. The van der Waals surface area contributed by atoms with E-state index in [2.05, 4.69) is 20.7 Å². The molecular weight excluding hydrogens is 280 g/mol. The van der Waals surface area contributed by atoms with Crippen LogP contribution in [0.4, 0.5) is 0 Å². The van der Waals surface area contributed by atoms with E-state index in [0.29, 0.717) is 16.4 Å². The zero-order valence-electron chi connectivity index (χ0n) is 11.2. The van der Waals surface area contributed by atoms with Gasteiger partial charge in [0.25, 0.3) is 0 Å². The van der Waals surface area contributed by atoms with Gasteiger partial charge < -0.3 is 5.32 Å². The summed E-state index contributed by atoms with van der Waals surface area (Å²) in [5.74, 6) is -0.250. The lowest BCUT2D eigenvalue weighted by atomic mass is 10.2. The molecule has 1 saturated heterocycles. The highest BCUT2D eigenvalue weighted by molar-refractivity contribution is 6.34. The molecule has 1 N–H and O–H groups in total. The van der Waals surface area contributed by atoms with E-state index in [1.165, 1.54) is 6.20 Å². The standard InChI is InChI=1S/C12H15ClN6O/c1-7(2)19-11(9(13)5-15-19)12(20)10-6-18(17-16-10)8-3-14-4-8/h5-8,14H,3-4H2,1-2H3. The fraction of sp³-hybridized carbons (Fsp3) is 0.500. The van der Waals surface area contributed by atoms with Gasteiger partial charge in [-0.05, 0) is 13.8 Å². The van der Waals surface area contributed by atoms with Crippen molar-refractivity contribution >= 4 is 17.4 Å². The maximum atomic E-state index is 12.5. The summed E-state index contributed by atoms with van der Waals surface area (Å²) in [6.45, 7) is 5.58. The van der Waals surface area contributed by atoms with Crippen molar-refractivity contribution in [2.75, 3.05) is 13.1 Å². The van der Waals surface area contributed by atoms with E-state index < -0.39 is 0 Å². The smallest absolute Gasteiger partial charge is 0.234 e. The molecule has 3 heterocycles. The first-order valence-corrected chi connectivity index (χ1v) is 6.86. The predicted molar refractivity (Wildman–Crippen MR) is 73.0 cm³/mol. The lowest BCUT2D eigenvalue weighted by Gasteiger charge is -2.26. The summed E-state index contributed by atoms with van der Waals surface area (Å²) in [6, 6.07) is 0.321. The van der Waals surface area contributed by atoms with Gasteiger partial charge in [-0.25, -0.2) is 4.68 Å². The first-order chi connectivity index (χ1) is 9.58. The fourth-order valence-electron chi connectivity index (χ4n) is 2.09.